The Bertz CT molecular complexity index is 987. The van der Waals surface area contributed by atoms with Gasteiger partial charge >= 0.3 is 0 Å². The minimum atomic E-state index is -0.679. The Labute approximate surface area is 157 Å². The average Bonchev–Trinajstić information content (AvgIpc) is 3.15. The van der Waals surface area contributed by atoms with E-state index in [-0.39, 0.29) is 0 Å². The number of benzene rings is 1. The molecule has 0 fully saturated rings. The van der Waals surface area contributed by atoms with Crippen LogP contribution in [0.5, 0.6) is 0 Å². The van der Waals surface area contributed by atoms with Crippen LogP contribution in [0.25, 0.3) is 0 Å². The Hall–Kier alpha value is -3.22. The number of aryl methyl sites for hydroxylation is 5. The summed E-state index contributed by atoms with van der Waals surface area (Å²) in [7, 11) is 0. The van der Waals surface area contributed by atoms with E-state index >= 15 is 0 Å². The molecule has 0 saturated carbocycles. The third kappa shape index (κ3) is 3.81. The van der Waals surface area contributed by atoms with Crippen LogP contribution in [0.2, 0.25) is 0 Å². The number of rotatable bonds is 5. The molecule has 27 heavy (non-hydrogen) atoms. The zero-order valence-electron chi connectivity index (χ0n) is 16.1. The number of carbonyl (C=O) groups excluding carboxylic acids is 2. The van der Waals surface area contributed by atoms with E-state index in [1.807, 2.05) is 46.8 Å². The number of carbonyl (C=O) groups is 2. The molecule has 0 spiro atoms. The molecule has 0 radical (unpaired) electrons. The van der Waals surface area contributed by atoms with E-state index in [0.717, 1.165) is 33.7 Å². The first-order valence-corrected chi connectivity index (χ1v) is 8.64. The molecule has 2 heterocycles. The van der Waals surface area contributed by atoms with E-state index in [1.54, 1.807) is 10.9 Å². The monoisotopic (exact) mass is 366 g/mol. The summed E-state index contributed by atoms with van der Waals surface area (Å²) in [4.78, 5) is 25.0. The fraction of sp³-hybridized carbons (Fsp3) is 0.300. The SMILES string of the molecule is Cc1cc(C)c(C(=O)C(=O)Nc2cnn(Cc3c(C)noc3C)c2)c(C)c1. The van der Waals surface area contributed by atoms with Crippen LogP contribution < -0.4 is 5.32 Å². The fourth-order valence-electron chi connectivity index (χ4n) is 3.24. The number of nitrogens with zero attached hydrogens (tertiary/aromatic N) is 3. The summed E-state index contributed by atoms with van der Waals surface area (Å²) in [5.74, 6) is -0.500. The van der Waals surface area contributed by atoms with Crippen molar-refractivity contribution in [1.82, 2.24) is 14.9 Å². The Morgan fingerprint density at radius 3 is 2.37 bits per heavy atom. The van der Waals surface area contributed by atoms with Gasteiger partial charge in [-0.25, -0.2) is 0 Å². The topological polar surface area (TPSA) is 90.0 Å². The lowest BCUT2D eigenvalue weighted by Gasteiger charge is -2.10. The van der Waals surface area contributed by atoms with Crippen LogP contribution in [0.15, 0.2) is 29.0 Å². The highest BCUT2D eigenvalue weighted by molar-refractivity contribution is 6.47. The summed E-state index contributed by atoms with van der Waals surface area (Å²) in [6.07, 6.45) is 3.18. The summed E-state index contributed by atoms with van der Waals surface area (Å²) >= 11 is 0. The number of hydrogen-bond acceptors (Lipinski definition) is 5. The van der Waals surface area contributed by atoms with Crippen molar-refractivity contribution >= 4 is 17.4 Å². The molecule has 0 aliphatic heterocycles. The van der Waals surface area contributed by atoms with Crippen LogP contribution in [0.1, 0.15) is 44.1 Å². The molecule has 1 amide bonds. The maximum atomic E-state index is 12.6. The van der Waals surface area contributed by atoms with Crippen LogP contribution in [-0.4, -0.2) is 26.6 Å². The van der Waals surface area contributed by atoms with Gasteiger partial charge in [0.2, 0.25) is 0 Å². The molecule has 3 aromatic rings. The van der Waals surface area contributed by atoms with Crippen molar-refractivity contribution in [3.05, 3.63) is 63.8 Å². The molecule has 3 rings (SSSR count). The van der Waals surface area contributed by atoms with Gasteiger partial charge in [0.25, 0.3) is 11.7 Å². The second kappa shape index (κ2) is 7.19. The van der Waals surface area contributed by atoms with E-state index in [1.165, 1.54) is 6.20 Å². The summed E-state index contributed by atoms with van der Waals surface area (Å²) in [6, 6.07) is 3.80. The largest absolute Gasteiger partial charge is 0.361 e. The van der Waals surface area contributed by atoms with E-state index in [2.05, 4.69) is 15.6 Å². The lowest BCUT2D eigenvalue weighted by atomic mass is 9.96. The Morgan fingerprint density at radius 1 is 1.11 bits per heavy atom. The number of Topliss-reactive ketones (excluding diaryl/α,β-unsaturated/α-hetero) is 1. The highest BCUT2D eigenvalue weighted by Crippen LogP contribution is 2.18. The lowest BCUT2D eigenvalue weighted by Crippen LogP contribution is -2.24. The summed E-state index contributed by atoms with van der Waals surface area (Å²) in [5, 5.41) is 10.8. The van der Waals surface area contributed by atoms with Gasteiger partial charge in [0.05, 0.1) is 24.1 Å². The Balaban J connectivity index is 1.74. The quantitative estimate of drug-likeness (QED) is 0.553. The molecule has 0 aliphatic rings. The number of nitrogens with one attached hydrogen (secondary N) is 1. The lowest BCUT2D eigenvalue weighted by molar-refractivity contribution is -0.112. The Morgan fingerprint density at radius 2 is 1.78 bits per heavy atom. The standard InChI is InChI=1S/C20H22N4O3/c1-11-6-12(2)18(13(3)7-11)19(25)20(26)22-16-8-21-24(9-16)10-17-14(4)23-27-15(17)5/h6-9H,10H2,1-5H3,(H,22,26). The van der Waals surface area contributed by atoms with Crippen molar-refractivity contribution in [2.75, 3.05) is 5.32 Å². The third-order valence-corrected chi connectivity index (χ3v) is 4.50. The number of ketones is 1. The van der Waals surface area contributed by atoms with Crippen molar-refractivity contribution < 1.29 is 14.1 Å². The van der Waals surface area contributed by atoms with Gasteiger partial charge in [-0.2, -0.15) is 5.10 Å². The highest BCUT2D eigenvalue weighted by atomic mass is 16.5. The van der Waals surface area contributed by atoms with Crippen LogP contribution in [0.4, 0.5) is 5.69 Å². The van der Waals surface area contributed by atoms with E-state index in [0.29, 0.717) is 17.8 Å². The van der Waals surface area contributed by atoms with Crippen LogP contribution in [-0.2, 0) is 11.3 Å². The first-order valence-electron chi connectivity index (χ1n) is 8.64. The molecule has 0 bridgehead atoms. The highest BCUT2D eigenvalue weighted by Gasteiger charge is 2.21. The van der Waals surface area contributed by atoms with E-state index in [9.17, 15) is 9.59 Å². The van der Waals surface area contributed by atoms with Gasteiger partial charge in [0, 0.05) is 17.3 Å². The molecule has 7 nitrogen and oxygen atoms in total. The van der Waals surface area contributed by atoms with Crippen molar-refractivity contribution in [2.45, 2.75) is 41.2 Å². The van der Waals surface area contributed by atoms with E-state index < -0.39 is 11.7 Å². The van der Waals surface area contributed by atoms with Crippen molar-refractivity contribution in [3.63, 3.8) is 0 Å². The smallest absolute Gasteiger partial charge is 0.296 e. The average molecular weight is 366 g/mol. The minimum absolute atomic E-state index is 0.446. The molecule has 0 saturated heterocycles. The minimum Gasteiger partial charge on any atom is -0.361 e. The summed E-state index contributed by atoms with van der Waals surface area (Å²) in [6.45, 7) is 9.81. The number of aromatic nitrogens is 3. The second-order valence-corrected chi connectivity index (χ2v) is 6.79. The van der Waals surface area contributed by atoms with Crippen molar-refractivity contribution in [3.8, 4) is 0 Å². The number of hydrogen-bond donors (Lipinski definition) is 1. The molecule has 0 aliphatic carbocycles. The Kier molecular flexibility index (Phi) is 4.94. The molecule has 0 unspecified atom stereocenters. The summed E-state index contributed by atoms with van der Waals surface area (Å²) in [5.41, 5.74) is 5.29. The van der Waals surface area contributed by atoms with Gasteiger partial charge in [-0.15, -0.1) is 0 Å². The van der Waals surface area contributed by atoms with E-state index in [4.69, 9.17) is 4.52 Å². The van der Waals surface area contributed by atoms with Crippen molar-refractivity contribution in [2.24, 2.45) is 0 Å². The molecule has 7 heteroatoms. The molecular formula is C20H22N4O3. The maximum absolute atomic E-state index is 12.6. The first kappa shape index (κ1) is 18.6. The van der Waals surface area contributed by atoms with Crippen molar-refractivity contribution in [1.29, 1.82) is 0 Å². The molecule has 1 N–H and O–H groups in total. The van der Waals surface area contributed by atoms with Gasteiger partial charge in [-0.1, -0.05) is 22.9 Å². The van der Waals surface area contributed by atoms with Gasteiger partial charge in [0.15, 0.2) is 0 Å². The van der Waals surface area contributed by atoms with Gasteiger partial charge < -0.3 is 9.84 Å². The predicted molar refractivity (Wildman–Crippen MR) is 101 cm³/mol. The van der Waals surface area contributed by atoms with Gasteiger partial charge in [-0.3, -0.25) is 14.3 Å². The van der Waals surface area contributed by atoms with Gasteiger partial charge in [-0.05, 0) is 45.7 Å². The van der Waals surface area contributed by atoms with Crippen LogP contribution >= 0.6 is 0 Å². The molecular weight excluding hydrogens is 344 g/mol. The van der Waals surface area contributed by atoms with Crippen LogP contribution in [0.3, 0.4) is 0 Å². The number of anilines is 1. The fourth-order valence-corrected chi connectivity index (χ4v) is 3.24. The molecule has 1 aromatic carbocycles. The third-order valence-electron chi connectivity index (χ3n) is 4.50. The molecule has 2 aromatic heterocycles. The van der Waals surface area contributed by atoms with Gasteiger partial charge in [0.1, 0.15) is 5.76 Å². The second-order valence-electron chi connectivity index (χ2n) is 6.79. The molecule has 140 valence electrons. The first-order chi connectivity index (χ1) is 12.8. The van der Waals surface area contributed by atoms with Crippen LogP contribution in [0, 0.1) is 34.6 Å². The number of amides is 1. The zero-order valence-corrected chi connectivity index (χ0v) is 16.1. The maximum Gasteiger partial charge on any atom is 0.296 e. The predicted octanol–water partition coefficient (Wildman–Crippen LogP) is 3.28. The summed E-state index contributed by atoms with van der Waals surface area (Å²) < 4.78 is 6.81. The normalized spacial score (nSPS) is 10.9. The molecule has 0 atom stereocenters. The zero-order chi connectivity index (χ0) is 19.7.